The molecule has 0 saturated carbocycles. The summed E-state index contributed by atoms with van der Waals surface area (Å²) >= 11 is 0. The molecule has 0 amide bonds. The summed E-state index contributed by atoms with van der Waals surface area (Å²) in [4.78, 5) is 11.5. The monoisotopic (exact) mass is 231 g/mol. The van der Waals surface area contributed by atoms with Crippen molar-refractivity contribution in [3.05, 3.63) is 41.0 Å². The average molecular weight is 231 g/mol. The molecule has 1 heterocycles. The summed E-state index contributed by atoms with van der Waals surface area (Å²) in [6.07, 6.45) is -0.748. The molecule has 2 N–H and O–H groups in total. The summed E-state index contributed by atoms with van der Waals surface area (Å²) in [5, 5.41) is 17.3. The van der Waals surface area contributed by atoms with E-state index in [0.29, 0.717) is 28.0 Å². The number of nitrogens with one attached hydrogen (secondary N) is 1. The molecule has 17 heavy (non-hydrogen) atoms. The molecule has 0 aliphatic carbocycles. The molecule has 1 aromatic rings. The average Bonchev–Trinajstić information content (AvgIpc) is 2.52. The maximum Gasteiger partial charge on any atom is 0.219 e. The van der Waals surface area contributed by atoms with Crippen LogP contribution in [0.3, 0.4) is 0 Å². The van der Waals surface area contributed by atoms with Gasteiger partial charge in [-0.15, -0.1) is 0 Å². The van der Waals surface area contributed by atoms with Crippen molar-refractivity contribution in [2.75, 3.05) is 0 Å². The van der Waals surface area contributed by atoms with E-state index in [4.69, 9.17) is 10.1 Å². The molecule has 0 bridgehead atoms. The number of ether oxygens (including phenoxy) is 1. The second-order valence-corrected chi connectivity index (χ2v) is 4.07. The van der Waals surface area contributed by atoms with Crippen molar-refractivity contribution in [2.45, 2.75) is 20.0 Å². The van der Waals surface area contributed by atoms with Gasteiger partial charge in [-0.3, -0.25) is 10.2 Å². The number of Topliss-reactive ketones (excluding diaryl/α,β-unsaturated/α-hetero) is 1. The number of aliphatic hydroxyl groups excluding tert-OH is 1. The Morgan fingerprint density at radius 3 is 2.65 bits per heavy atom. The molecule has 0 aromatic heterocycles. The number of aliphatic hydroxyl groups is 1. The van der Waals surface area contributed by atoms with Crippen LogP contribution in [0.1, 0.15) is 47.0 Å². The van der Waals surface area contributed by atoms with Crippen LogP contribution < -0.4 is 0 Å². The lowest BCUT2D eigenvalue weighted by Crippen LogP contribution is -2.06. The third-order valence-electron chi connectivity index (χ3n) is 2.79. The Kier molecular flexibility index (Phi) is 2.59. The van der Waals surface area contributed by atoms with Gasteiger partial charge in [0, 0.05) is 16.7 Å². The minimum Gasteiger partial charge on any atom is -0.439 e. The summed E-state index contributed by atoms with van der Waals surface area (Å²) in [5.41, 5.74) is 2.16. The van der Waals surface area contributed by atoms with Gasteiger partial charge in [0.05, 0.1) is 6.10 Å². The maximum absolute atomic E-state index is 11.5. The van der Waals surface area contributed by atoms with Gasteiger partial charge >= 0.3 is 0 Å². The summed E-state index contributed by atoms with van der Waals surface area (Å²) in [5.74, 6) is 0.223. The molecule has 4 heteroatoms. The summed E-state index contributed by atoms with van der Waals surface area (Å²) in [7, 11) is 0. The molecule has 4 nitrogen and oxygen atoms in total. The molecule has 2 rings (SSSR count). The van der Waals surface area contributed by atoms with E-state index in [1.807, 2.05) is 0 Å². The van der Waals surface area contributed by atoms with Crippen LogP contribution in [-0.2, 0) is 4.74 Å². The number of carbonyl (C=O) groups is 1. The highest BCUT2D eigenvalue weighted by Crippen LogP contribution is 2.33. The fraction of sp³-hybridized carbons (Fsp3) is 0.231. The maximum atomic E-state index is 11.5. The summed E-state index contributed by atoms with van der Waals surface area (Å²) in [6, 6.07) is 3.25. The highest BCUT2D eigenvalue weighted by molar-refractivity contribution is 6.07. The van der Waals surface area contributed by atoms with E-state index >= 15 is 0 Å². The lowest BCUT2D eigenvalue weighted by Gasteiger charge is -2.11. The van der Waals surface area contributed by atoms with Crippen LogP contribution in [0.4, 0.5) is 0 Å². The van der Waals surface area contributed by atoms with Crippen LogP contribution in [0, 0.1) is 5.41 Å². The van der Waals surface area contributed by atoms with Crippen molar-refractivity contribution in [3.63, 3.8) is 0 Å². The smallest absolute Gasteiger partial charge is 0.219 e. The molecule has 0 spiro atoms. The van der Waals surface area contributed by atoms with Crippen molar-refractivity contribution in [3.8, 4) is 0 Å². The van der Waals surface area contributed by atoms with E-state index in [2.05, 4.69) is 6.58 Å². The molecule has 0 radical (unpaired) electrons. The van der Waals surface area contributed by atoms with Gasteiger partial charge in [-0.25, -0.2) is 0 Å². The Morgan fingerprint density at radius 1 is 1.47 bits per heavy atom. The molecule has 0 saturated heterocycles. The predicted octanol–water partition coefficient (Wildman–Crippen LogP) is 2.27. The van der Waals surface area contributed by atoms with Crippen molar-refractivity contribution in [2.24, 2.45) is 0 Å². The minimum atomic E-state index is -0.748. The molecule has 0 fully saturated rings. The molecule has 1 aromatic carbocycles. The Hall–Kier alpha value is -1.94. The zero-order valence-electron chi connectivity index (χ0n) is 9.70. The normalized spacial score (nSPS) is 15.5. The van der Waals surface area contributed by atoms with Crippen LogP contribution in [0.2, 0.25) is 0 Å². The van der Waals surface area contributed by atoms with E-state index in [1.54, 1.807) is 19.1 Å². The number of benzene rings is 1. The number of ketones is 1. The van der Waals surface area contributed by atoms with Crippen molar-refractivity contribution in [1.29, 1.82) is 5.41 Å². The van der Waals surface area contributed by atoms with Gasteiger partial charge < -0.3 is 9.84 Å². The minimum absolute atomic E-state index is 0.00959. The first-order valence-corrected chi connectivity index (χ1v) is 5.24. The number of hydrogen-bond donors (Lipinski definition) is 2. The van der Waals surface area contributed by atoms with Gasteiger partial charge in [0.25, 0.3) is 0 Å². The van der Waals surface area contributed by atoms with E-state index < -0.39 is 6.10 Å². The summed E-state index contributed by atoms with van der Waals surface area (Å²) < 4.78 is 5.10. The second-order valence-electron chi connectivity index (χ2n) is 4.07. The molecular formula is C13H13NO3. The van der Waals surface area contributed by atoms with E-state index in [0.717, 1.165) is 0 Å². The van der Waals surface area contributed by atoms with E-state index in [-0.39, 0.29) is 11.7 Å². The third-order valence-corrected chi connectivity index (χ3v) is 2.79. The van der Waals surface area contributed by atoms with Gasteiger partial charge in [0.1, 0.15) is 5.76 Å². The Balaban J connectivity index is 2.71. The quantitative estimate of drug-likeness (QED) is 0.767. The first-order chi connectivity index (χ1) is 7.91. The first-order valence-electron chi connectivity index (χ1n) is 5.24. The van der Waals surface area contributed by atoms with Crippen molar-refractivity contribution >= 4 is 17.4 Å². The van der Waals surface area contributed by atoms with Crippen LogP contribution >= 0.6 is 0 Å². The Morgan fingerprint density at radius 2 is 2.12 bits per heavy atom. The molecule has 88 valence electrons. The fourth-order valence-electron chi connectivity index (χ4n) is 1.92. The number of carbonyl (C=O) groups excluding carboxylic acids is 1. The van der Waals surface area contributed by atoms with Gasteiger partial charge in [-0.05, 0) is 31.5 Å². The van der Waals surface area contributed by atoms with Crippen LogP contribution in [-0.4, -0.2) is 16.8 Å². The molecule has 1 aliphatic rings. The highest BCUT2D eigenvalue weighted by atomic mass is 16.5. The SMILES string of the molecule is C=C1OC(=N)c2cc(C(C)=O)c(C(C)O)cc21. The van der Waals surface area contributed by atoms with E-state index in [9.17, 15) is 9.90 Å². The van der Waals surface area contributed by atoms with Crippen LogP contribution in [0.15, 0.2) is 18.7 Å². The Bertz CT molecular complexity index is 544. The number of rotatable bonds is 2. The van der Waals surface area contributed by atoms with Gasteiger partial charge in [-0.1, -0.05) is 6.58 Å². The van der Waals surface area contributed by atoms with Crippen LogP contribution in [0.25, 0.3) is 5.76 Å². The lowest BCUT2D eigenvalue weighted by molar-refractivity contribution is 0.101. The molecule has 1 atom stereocenters. The zero-order chi connectivity index (χ0) is 12.7. The predicted molar refractivity (Wildman–Crippen MR) is 64.0 cm³/mol. The largest absolute Gasteiger partial charge is 0.439 e. The van der Waals surface area contributed by atoms with Gasteiger partial charge in [0.15, 0.2) is 5.78 Å². The third kappa shape index (κ3) is 1.76. The van der Waals surface area contributed by atoms with Crippen molar-refractivity contribution in [1.82, 2.24) is 0 Å². The van der Waals surface area contributed by atoms with Gasteiger partial charge in [0.2, 0.25) is 5.90 Å². The molecule has 1 unspecified atom stereocenters. The van der Waals surface area contributed by atoms with Gasteiger partial charge in [-0.2, -0.15) is 0 Å². The second kappa shape index (κ2) is 3.82. The molecular weight excluding hydrogens is 218 g/mol. The first kappa shape index (κ1) is 11.5. The number of fused-ring (bicyclic) bond motifs is 1. The Labute approximate surface area is 99.0 Å². The van der Waals surface area contributed by atoms with Crippen molar-refractivity contribution < 1.29 is 14.6 Å². The zero-order valence-corrected chi connectivity index (χ0v) is 9.70. The highest BCUT2D eigenvalue weighted by Gasteiger charge is 2.26. The summed E-state index contributed by atoms with van der Waals surface area (Å²) in [6.45, 7) is 6.72. The van der Waals surface area contributed by atoms with Crippen LogP contribution in [0.5, 0.6) is 0 Å². The molecule has 1 aliphatic heterocycles. The fourth-order valence-corrected chi connectivity index (χ4v) is 1.92. The number of hydrogen-bond acceptors (Lipinski definition) is 4. The standard InChI is InChI=1S/C13H13NO3/c1-6(15)9-4-11-8(3)17-13(14)12(11)5-10(9)7(2)16/h4-6,14-15H,3H2,1-2H3. The van der Waals surface area contributed by atoms with E-state index in [1.165, 1.54) is 6.92 Å². The topological polar surface area (TPSA) is 70.4 Å². The lowest BCUT2D eigenvalue weighted by atomic mass is 9.94.